The molecule has 4 rings (SSSR count). The number of hydrogen-bond acceptors (Lipinski definition) is 6. The van der Waals surface area contributed by atoms with Crippen LogP contribution in [0.15, 0.2) is 54.7 Å². The number of hydrogen-bond donors (Lipinski definition) is 1. The zero-order chi connectivity index (χ0) is 24.1. The van der Waals surface area contributed by atoms with Crippen LogP contribution in [0.5, 0.6) is 11.5 Å². The van der Waals surface area contributed by atoms with E-state index in [1.807, 2.05) is 55.5 Å². The topological polar surface area (TPSA) is 91.2 Å². The van der Waals surface area contributed by atoms with E-state index < -0.39 is 0 Å². The van der Waals surface area contributed by atoms with Crippen LogP contribution < -0.4 is 14.8 Å². The number of rotatable bonds is 9. The summed E-state index contributed by atoms with van der Waals surface area (Å²) in [5.74, 6) is 1.61. The van der Waals surface area contributed by atoms with Crippen molar-refractivity contribution in [2.75, 3.05) is 13.7 Å². The molecular formula is C26H29N5O3. The highest BCUT2D eigenvalue weighted by Gasteiger charge is 2.18. The van der Waals surface area contributed by atoms with E-state index in [1.54, 1.807) is 18.0 Å². The first-order chi connectivity index (χ1) is 16.5. The molecule has 0 bridgehead atoms. The summed E-state index contributed by atoms with van der Waals surface area (Å²) in [5, 5.41) is 12.2. The Balaban J connectivity index is 1.46. The third-order valence-corrected chi connectivity index (χ3v) is 5.59. The summed E-state index contributed by atoms with van der Waals surface area (Å²) in [6.07, 6.45) is 2.72. The summed E-state index contributed by atoms with van der Waals surface area (Å²) in [7, 11) is 1.61. The lowest BCUT2D eigenvalue weighted by Gasteiger charge is -2.13. The molecule has 1 N–H and O–H groups in total. The third-order valence-electron chi connectivity index (χ3n) is 5.59. The first-order valence-corrected chi connectivity index (χ1v) is 11.3. The number of carbonyl (C=O) groups excluding carboxylic acids is 1. The molecule has 0 aliphatic heterocycles. The number of carbonyl (C=O) groups is 1. The van der Waals surface area contributed by atoms with E-state index in [-0.39, 0.29) is 11.6 Å². The van der Waals surface area contributed by atoms with Crippen LogP contribution in [0.1, 0.15) is 42.0 Å². The number of aromatic nitrogens is 4. The van der Waals surface area contributed by atoms with Crippen LogP contribution in [-0.2, 0) is 6.54 Å². The van der Waals surface area contributed by atoms with Gasteiger partial charge in [-0.15, -0.1) is 5.10 Å². The number of nitrogens with one attached hydrogen (secondary N) is 1. The smallest absolute Gasteiger partial charge is 0.274 e. The van der Waals surface area contributed by atoms with E-state index in [0.29, 0.717) is 36.3 Å². The number of amides is 1. The zero-order valence-corrected chi connectivity index (χ0v) is 19.9. The van der Waals surface area contributed by atoms with Gasteiger partial charge in [0, 0.05) is 18.1 Å². The van der Waals surface area contributed by atoms with Gasteiger partial charge in [-0.3, -0.25) is 9.78 Å². The van der Waals surface area contributed by atoms with E-state index in [0.717, 1.165) is 28.6 Å². The quantitative estimate of drug-likeness (QED) is 0.397. The van der Waals surface area contributed by atoms with Crippen molar-refractivity contribution in [1.29, 1.82) is 0 Å². The first-order valence-electron chi connectivity index (χ1n) is 11.3. The Morgan fingerprint density at radius 1 is 1.12 bits per heavy atom. The van der Waals surface area contributed by atoms with Gasteiger partial charge in [0.1, 0.15) is 0 Å². The molecule has 0 saturated heterocycles. The highest BCUT2D eigenvalue weighted by Crippen LogP contribution is 2.28. The molecule has 4 aromatic rings. The number of fused-ring (bicyclic) bond motifs is 1. The summed E-state index contributed by atoms with van der Waals surface area (Å²) in [6, 6.07) is 15.3. The van der Waals surface area contributed by atoms with Crippen molar-refractivity contribution in [2.45, 2.75) is 33.7 Å². The Hall–Kier alpha value is -3.94. The summed E-state index contributed by atoms with van der Waals surface area (Å²) in [4.78, 5) is 17.3. The molecule has 176 valence electrons. The van der Waals surface area contributed by atoms with Crippen LogP contribution in [0.3, 0.4) is 0 Å². The summed E-state index contributed by atoms with van der Waals surface area (Å²) < 4.78 is 13.0. The average Bonchev–Trinajstić information content (AvgIpc) is 3.23. The maximum atomic E-state index is 12.9. The Morgan fingerprint density at radius 2 is 1.97 bits per heavy atom. The van der Waals surface area contributed by atoms with E-state index in [4.69, 9.17) is 9.47 Å². The number of methoxy groups -OCH3 is 1. The molecule has 0 unspecified atom stereocenters. The zero-order valence-electron chi connectivity index (χ0n) is 19.9. The lowest BCUT2D eigenvalue weighted by Crippen LogP contribution is -2.24. The summed E-state index contributed by atoms with van der Waals surface area (Å²) >= 11 is 0. The maximum absolute atomic E-state index is 12.9. The van der Waals surface area contributed by atoms with Crippen molar-refractivity contribution in [1.82, 2.24) is 25.3 Å². The van der Waals surface area contributed by atoms with Gasteiger partial charge in [-0.05, 0) is 61.2 Å². The second-order valence-corrected chi connectivity index (χ2v) is 8.48. The van der Waals surface area contributed by atoms with Gasteiger partial charge in [-0.1, -0.05) is 31.2 Å². The molecule has 0 atom stereocenters. The molecule has 2 aromatic heterocycles. The van der Waals surface area contributed by atoms with E-state index in [9.17, 15) is 4.79 Å². The van der Waals surface area contributed by atoms with Crippen molar-refractivity contribution in [3.05, 3.63) is 71.7 Å². The Morgan fingerprint density at radius 3 is 2.76 bits per heavy atom. The molecule has 0 saturated carbocycles. The van der Waals surface area contributed by atoms with Crippen LogP contribution in [0.4, 0.5) is 0 Å². The lowest BCUT2D eigenvalue weighted by molar-refractivity contribution is 0.0945. The highest BCUT2D eigenvalue weighted by molar-refractivity contribution is 5.94. The van der Waals surface area contributed by atoms with Gasteiger partial charge in [0.2, 0.25) is 0 Å². The summed E-state index contributed by atoms with van der Waals surface area (Å²) in [6.45, 7) is 7.10. The van der Waals surface area contributed by atoms with Gasteiger partial charge in [0.05, 0.1) is 30.6 Å². The SMILES string of the molecule is COc1cc(CNC(=O)c2nnn(-c3cccc4ncccc34)c2C)ccc1OCCC(C)C. The van der Waals surface area contributed by atoms with Gasteiger partial charge < -0.3 is 14.8 Å². The van der Waals surface area contributed by atoms with E-state index in [1.165, 1.54) is 0 Å². The van der Waals surface area contributed by atoms with Crippen LogP contribution in [0, 0.1) is 12.8 Å². The molecule has 0 aliphatic rings. The fourth-order valence-electron chi connectivity index (χ4n) is 3.65. The molecular weight excluding hydrogens is 430 g/mol. The Kier molecular flexibility index (Phi) is 7.06. The standard InChI is InChI=1S/C26H29N5O3/c1-17(2)12-14-34-23-11-10-19(15-24(23)33-4)16-28-26(32)25-18(3)31(30-29-25)22-9-5-8-21-20(22)7-6-13-27-21/h5-11,13,15,17H,12,14,16H2,1-4H3,(H,28,32). The van der Waals surface area contributed by atoms with Crippen molar-refractivity contribution >= 4 is 16.8 Å². The van der Waals surface area contributed by atoms with Gasteiger partial charge in [-0.25, -0.2) is 4.68 Å². The van der Waals surface area contributed by atoms with Crippen LogP contribution in [0.25, 0.3) is 16.6 Å². The minimum absolute atomic E-state index is 0.279. The monoisotopic (exact) mass is 459 g/mol. The molecule has 8 heteroatoms. The molecule has 2 heterocycles. The van der Waals surface area contributed by atoms with E-state index >= 15 is 0 Å². The van der Waals surface area contributed by atoms with Gasteiger partial charge in [-0.2, -0.15) is 0 Å². The van der Waals surface area contributed by atoms with Crippen molar-refractivity contribution in [3.8, 4) is 17.2 Å². The second-order valence-electron chi connectivity index (χ2n) is 8.48. The largest absolute Gasteiger partial charge is 0.493 e. The average molecular weight is 460 g/mol. The van der Waals surface area contributed by atoms with Gasteiger partial charge in [0.25, 0.3) is 5.91 Å². The maximum Gasteiger partial charge on any atom is 0.274 e. The van der Waals surface area contributed by atoms with Crippen molar-refractivity contribution in [3.63, 3.8) is 0 Å². The Bertz CT molecular complexity index is 1290. The number of benzene rings is 2. The minimum atomic E-state index is -0.293. The van der Waals surface area contributed by atoms with Crippen LogP contribution in [-0.4, -0.2) is 39.6 Å². The molecule has 0 radical (unpaired) electrons. The second kappa shape index (κ2) is 10.3. The third kappa shape index (κ3) is 5.01. The fraction of sp³-hybridized carbons (Fsp3) is 0.308. The highest BCUT2D eigenvalue weighted by atomic mass is 16.5. The van der Waals surface area contributed by atoms with Gasteiger partial charge >= 0.3 is 0 Å². The van der Waals surface area contributed by atoms with Crippen LogP contribution in [0.2, 0.25) is 0 Å². The minimum Gasteiger partial charge on any atom is -0.493 e. The van der Waals surface area contributed by atoms with Crippen LogP contribution >= 0.6 is 0 Å². The molecule has 8 nitrogen and oxygen atoms in total. The Labute approximate surface area is 198 Å². The predicted molar refractivity (Wildman–Crippen MR) is 131 cm³/mol. The number of pyridine rings is 1. The molecule has 1 amide bonds. The van der Waals surface area contributed by atoms with E-state index in [2.05, 4.69) is 34.5 Å². The molecule has 34 heavy (non-hydrogen) atoms. The number of nitrogens with zero attached hydrogens (tertiary/aromatic N) is 4. The van der Waals surface area contributed by atoms with Gasteiger partial charge in [0.15, 0.2) is 17.2 Å². The molecule has 2 aromatic carbocycles. The molecule has 0 spiro atoms. The summed E-state index contributed by atoms with van der Waals surface area (Å²) in [5.41, 5.74) is 3.51. The molecule has 0 aliphatic carbocycles. The number of ether oxygens (including phenoxy) is 2. The predicted octanol–water partition coefficient (Wildman–Crippen LogP) is 4.49. The normalized spacial score (nSPS) is 11.1. The van der Waals surface area contributed by atoms with Crippen molar-refractivity contribution < 1.29 is 14.3 Å². The fourth-order valence-corrected chi connectivity index (χ4v) is 3.65. The molecule has 0 fully saturated rings. The first kappa shape index (κ1) is 23.2. The van der Waals surface area contributed by atoms with Crippen molar-refractivity contribution in [2.24, 2.45) is 5.92 Å². The lowest BCUT2D eigenvalue weighted by atomic mass is 10.1.